The summed E-state index contributed by atoms with van der Waals surface area (Å²) in [6.45, 7) is -0.398. The van der Waals surface area contributed by atoms with Gasteiger partial charge in [-0.25, -0.2) is 9.97 Å². The van der Waals surface area contributed by atoms with Gasteiger partial charge in [-0.3, -0.25) is 10.1 Å². The van der Waals surface area contributed by atoms with Gasteiger partial charge in [-0.2, -0.15) is 0 Å². The van der Waals surface area contributed by atoms with Crippen molar-refractivity contribution in [1.29, 1.82) is 0 Å². The van der Waals surface area contributed by atoms with Crippen molar-refractivity contribution in [2.45, 2.75) is 11.1 Å². The van der Waals surface area contributed by atoms with Gasteiger partial charge >= 0.3 is 5.69 Å². The lowest BCUT2D eigenvalue weighted by molar-refractivity contribution is -0.387. The van der Waals surface area contributed by atoms with E-state index in [4.69, 9.17) is 5.11 Å². The zero-order valence-corrected chi connectivity index (χ0v) is 9.85. The number of rotatable bonds is 6. The van der Waals surface area contributed by atoms with Crippen molar-refractivity contribution < 1.29 is 15.1 Å². The number of thioether (sulfide) groups is 1. The summed E-state index contributed by atoms with van der Waals surface area (Å²) in [6, 6.07) is 0. The summed E-state index contributed by atoms with van der Waals surface area (Å²) >= 11 is 0.995. The summed E-state index contributed by atoms with van der Waals surface area (Å²) in [5.74, 6) is 0.239. The van der Waals surface area contributed by atoms with Crippen molar-refractivity contribution in [3.05, 3.63) is 16.4 Å². The first-order chi connectivity index (χ1) is 8.10. The number of nitrogens with one attached hydrogen (secondary N) is 1. The monoisotopic (exact) mass is 260 g/mol. The third kappa shape index (κ3) is 3.51. The molecular formula is C8H12N4O4S. The van der Waals surface area contributed by atoms with Gasteiger partial charge in [0.25, 0.3) is 0 Å². The van der Waals surface area contributed by atoms with Crippen molar-refractivity contribution in [3.63, 3.8) is 0 Å². The predicted octanol–water partition coefficient (Wildman–Crippen LogP) is -0.128. The summed E-state index contributed by atoms with van der Waals surface area (Å²) in [5, 5.41) is 31.5. The van der Waals surface area contributed by atoms with Crippen LogP contribution in [-0.2, 0) is 0 Å². The summed E-state index contributed by atoms with van der Waals surface area (Å²) in [7, 11) is 1.52. The number of hydrogen-bond donors (Lipinski definition) is 3. The quantitative estimate of drug-likeness (QED) is 0.280. The van der Waals surface area contributed by atoms with Crippen LogP contribution in [0.1, 0.15) is 0 Å². The standard InChI is InChI=1S/C8H12N4O4S/c1-9-7-6(12(15)16)8(11-4-10-7)17-3-5(14)2-13/h4-5,13-14H,2-3H2,1H3,(H,9,10,11). The first kappa shape index (κ1) is 13.6. The Balaban J connectivity index is 2.94. The van der Waals surface area contributed by atoms with Crippen molar-refractivity contribution in [1.82, 2.24) is 9.97 Å². The van der Waals surface area contributed by atoms with E-state index in [9.17, 15) is 15.2 Å². The number of hydrogen-bond acceptors (Lipinski definition) is 8. The van der Waals surface area contributed by atoms with Gasteiger partial charge in [0, 0.05) is 12.8 Å². The molecule has 1 aromatic heterocycles. The molecule has 0 aliphatic carbocycles. The Morgan fingerprint density at radius 1 is 1.65 bits per heavy atom. The van der Waals surface area contributed by atoms with Crippen molar-refractivity contribution in [2.24, 2.45) is 0 Å². The maximum absolute atomic E-state index is 10.9. The lowest BCUT2D eigenvalue weighted by Gasteiger charge is -2.07. The van der Waals surface area contributed by atoms with Crippen molar-refractivity contribution in [3.8, 4) is 0 Å². The molecule has 0 aromatic carbocycles. The van der Waals surface area contributed by atoms with Gasteiger partial charge in [0.05, 0.1) is 17.6 Å². The van der Waals surface area contributed by atoms with Gasteiger partial charge < -0.3 is 15.5 Å². The van der Waals surface area contributed by atoms with Crippen molar-refractivity contribution in [2.75, 3.05) is 24.7 Å². The molecule has 9 heteroatoms. The molecule has 0 saturated carbocycles. The minimum absolute atomic E-state index is 0.117. The molecule has 8 nitrogen and oxygen atoms in total. The number of anilines is 1. The third-order valence-corrected chi connectivity index (χ3v) is 2.95. The lowest BCUT2D eigenvalue weighted by Crippen LogP contribution is -2.15. The number of aliphatic hydroxyl groups excluding tert-OH is 2. The van der Waals surface area contributed by atoms with E-state index in [0.29, 0.717) is 0 Å². The van der Waals surface area contributed by atoms with Gasteiger partial charge in [-0.1, -0.05) is 11.8 Å². The van der Waals surface area contributed by atoms with Crippen LogP contribution in [0.4, 0.5) is 11.5 Å². The Kier molecular flexibility index (Phi) is 5.07. The maximum atomic E-state index is 10.9. The summed E-state index contributed by atoms with van der Waals surface area (Å²) in [4.78, 5) is 17.8. The number of aromatic nitrogens is 2. The highest BCUT2D eigenvalue weighted by Gasteiger charge is 2.22. The third-order valence-electron chi connectivity index (χ3n) is 1.83. The molecule has 1 atom stereocenters. The Morgan fingerprint density at radius 2 is 2.35 bits per heavy atom. The highest BCUT2D eigenvalue weighted by Crippen LogP contribution is 2.31. The summed E-state index contributed by atoms with van der Waals surface area (Å²) < 4.78 is 0. The first-order valence-electron chi connectivity index (χ1n) is 4.69. The van der Waals surface area contributed by atoms with Crippen LogP contribution < -0.4 is 5.32 Å². The normalized spacial score (nSPS) is 12.2. The fourth-order valence-corrected chi connectivity index (χ4v) is 1.93. The molecule has 17 heavy (non-hydrogen) atoms. The first-order valence-corrected chi connectivity index (χ1v) is 5.67. The van der Waals surface area contributed by atoms with Crippen molar-refractivity contribution >= 4 is 23.3 Å². The van der Waals surface area contributed by atoms with E-state index >= 15 is 0 Å². The molecule has 94 valence electrons. The van der Waals surface area contributed by atoms with Gasteiger partial charge in [0.2, 0.25) is 5.82 Å². The Morgan fingerprint density at radius 3 is 2.88 bits per heavy atom. The topological polar surface area (TPSA) is 121 Å². The Hall–Kier alpha value is -1.45. The molecule has 0 amide bonds. The molecule has 3 N–H and O–H groups in total. The van der Waals surface area contributed by atoms with Gasteiger partial charge in [0.15, 0.2) is 5.03 Å². The molecule has 0 radical (unpaired) electrons. The molecule has 0 aliphatic heterocycles. The van der Waals surface area contributed by atoms with Crippen LogP contribution in [0.15, 0.2) is 11.4 Å². The van der Waals surface area contributed by atoms with E-state index in [2.05, 4.69) is 15.3 Å². The molecule has 1 aromatic rings. The highest BCUT2D eigenvalue weighted by molar-refractivity contribution is 7.99. The smallest absolute Gasteiger partial charge is 0.343 e. The van der Waals surface area contributed by atoms with E-state index < -0.39 is 17.6 Å². The molecular weight excluding hydrogens is 248 g/mol. The summed E-state index contributed by atoms with van der Waals surface area (Å²) in [5.41, 5.74) is -0.231. The van der Waals surface area contributed by atoms with E-state index in [1.807, 2.05) is 0 Å². The maximum Gasteiger partial charge on any atom is 0.343 e. The molecule has 1 rings (SSSR count). The van der Waals surface area contributed by atoms with Crippen LogP contribution in [0.2, 0.25) is 0 Å². The Bertz CT molecular complexity index is 403. The highest BCUT2D eigenvalue weighted by atomic mass is 32.2. The average molecular weight is 260 g/mol. The number of aliphatic hydroxyl groups is 2. The molecule has 0 aliphatic rings. The Labute approximate surface area is 101 Å². The van der Waals surface area contributed by atoms with Gasteiger partial charge in [-0.15, -0.1) is 0 Å². The average Bonchev–Trinajstić information content (AvgIpc) is 2.34. The molecule has 1 heterocycles. The van der Waals surface area contributed by atoms with Crippen LogP contribution in [0.3, 0.4) is 0 Å². The van der Waals surface area contributed by atoms with Crippen LogP contribution in [0, 0.1) is 10.1 Å². The van der Waals surface area contributed by atoms with Crippen LogP contribution in [0.25, 0.3) is 0 Å². The zero-order valence-electron chi connectivity index (χ0n) is 9.03. The fourth-order valence-electron chi connectivity index (χ4n) is 1.04. The van der Waals surface area contributed by atoms with Crippen LogP contribution in [-0.4, -0.2) is 50.6 Å². The molecule has 0 saturated heterocycles. The van der Waals surface area contributed by atoms with Gasteiger partial charge in [0.1, 0.15) is 6.33 Å². The minimum Gasteiger partial charge on any atom is -0.394 e. The molecule has 0 bridgehead atoms. The SMILES string of the molecule is CNc1ncnc(SCC(O)CO)c1[N+](=O)[O-]. The van der Waals surface area contributed by atoms with Crippen LogP contribution in [0.5, 0.6) is 0 Å². The van der Waals surface area contributed by atoms with Gasteiger partial charge in [-0.05, 0) is 0 Å². The van der Waals surface area contributed by atoms with Crippen LogP contribution >= 0.6 is 11.8 Å². The van der Waals surface area contributed by atoms with E-state index in [1.165, 1.54) is 13.4 Å². The zero-order chi connectivity index (χ0) is 12.8. The fraction of sp³-hybridized carbons (Fsp3) is 0.500. The lowest BCUT2D eigenvalue weighted by atomic mass is 10.4. The minimum atomic E-state index is -0.937. The second-order valence-corrected chi connectivity index (χ2v) is 4.04. The number of nitrogens with zero attached hydrogens (tertiary/aromatic N) is 3. The predicted molar refractivity (Wildman–Crippen MR) is 62.0 cm³/mol. The van der Waals surface area contributed by atoms with E-state index in [-0.39, 0.29) is 22.3 Å². The van der Waals surface area contributed by atoms with E-state index in [1.54, 1.807) is 0 Å². The number of nitro groups is 1. The largest absolute Gasteiger partial charge is 0.394 e. The molecule has 0 spiro atoms. The molecule has 0 fully saturated rings. The second-order valence-electron chi connectivity index (χ2n) is 3.03. The van der Waals surface area contributed by atoms with E-state index in [0.717, 1.165) is 11.8 Å². The summed E-state index contributed by atoms with van der Waals surface area (Å²) in [6.07, 6.45) is 0.263. The molecule has 1 unspecified atom stereocenters. The second kappa shape index (κ2) is 6.33.